The highest BCUT2D eigenvalue weighted by Crippen LogP contribution is 2.20. The maximum Gasteiger partial charge on any atom is 0.272 e. The molecule has 2 amide bonds. The Morgan fingerprint density at radius 3 is 2.24 bits per heavy atom. The van der Waals surface area contributed by atoms with Gasteiger partial charge in [0.1, 0.15) is 11.4 Å². The lowest BCUT2D eigenvalue weighted by Gasteiger charge is -2.38. The summed E-state index contributed by atoms with van der Waals surface area (Å²) in [6.45, 7) is 5.34. The van der Waals surface area contributed by atoms with Crippen LogP contribution in [0.15, 0.2) is 18.2 Å². The summed E-state index contributed by atoms with van der Waals surface area (Å²) in [5.74, 6) is 0.497. The van der Waals surface area contributed by atoms with Crippen molar-refractivity contribution in [1.82, 2.24) is 14.8 Å². The standard InChI is InChI=1S/C16H21N3O2/c1-2-12-10-19(11-12)16(21)14-7-5-6-13(17-14)15(20)18-8-3-4-9-18/h5-7,12H,2-4,8-11H2,1H3. The Morgan fingerprint density at radius 2 is 1.67 bits per heavy atom. The summed E-state index contributed by atoms with van der Waals surface area (Å²) in [4.78, 5) is 32.5. The van der Waals surface area contributed by atoms with Gasteiger partial charge in [0.05, 0.1) is 0 Å². The lowest BCUT2D eigenvalue weighted by Crippen LogP contribution is -2.49. The van der Waals surface area contributed by atoms with Crippen LogP contribution in [0.1, 0.15) is 47.2 Å². The normalized spacial score (nSPS) is 18.7. The van der Waals surface area contributed by atoms with Crippen LogP contribution in [0.4, 0.5) is 0 Å². The van der Waals surface area contributed by atoms with Gasteiger partial charge in [0.15, 0.2) is 0 Å². The second kappa shape index (κ2) is 5.84. The second-order valence-electron chi connectivity index (χ2n) is 5.89. The van der Waals surface area contributed by atoms with Crippen LogP contribution in [-0.2, 0) is 0 Å². The zero-order valence-electron chi connectivity index (χ0n) is 12.4. The van der Waals surface area contributed by atoms with Crippen molar-refractivity contribution in [3.8, 4) is 0 Å². The van der Waals surface area contributed by atoms with Crippen LogP contribution >= 0.6 is 0 Å². The largest absolute Gasteiger partial charge is 0.337 e. The van der Waals surface area contributed by atoms with Gasteiger partial charge in [-0.1, -0.05) is 13.0 Å². The molecule has 0 unspecified atom stereocenters. The number of rotatable bonds is 3. The van der Waals surface area contributed by atoms with Gasteiger partial charge in [0, 0.05) is 26.2 Å². The molecule has 3 rings (SSSR count). The summed E-state index contributed by atoms with van der Waals surface area (Å²) in [5.41, 5.74) is 0.768. The number of carbonyl (C=O) groups is 2. The minimum atomic E-state index is -0.0595. The van der Waals surface area contributed by atoms with Gasteiger partial charge in [-0.2, -0.15) is 0 Å². The molecule has 112 valence electrons. The summed E-state index contributed by atoms with van der Waals surface area (Å²) < 4.78 is 0. The van der Waals surface area contributed by atoms with Gasteiger partial charge >= 0.3 is 0 Å². The fraction of sp³-hybridized carbons (Fsp3) is 0.562. The average molecular weight is 287 g/mol. The highest BCUT2D eigenvalue weighted by atomic mass is 16.2. The lowest BCUT2D eigenvalue weighted by molar-refractivity contribution is 0.0488. The topological polar surface area (TPSA) is 53.5 Å². The molecule has 2 saturated heterocycles. The molecule has 2 aliphatic rings. The Hall–Kier alpha value is -1.91. The monoisotopic (exact) mass is 287 g/mol. The average Bonchev–Trinajstić information content (AvgIpc) is 2.99. The molecule has 2 fully saturated rings. The fourth-order valence-corrected chi connectivity index (χ4v) is 2.91. The van der Waals surface area contributed by atoms with E-state index in [1.54, 1.807) is 23.1 Å². The first-order valence-corrected chi connectivity index (χ1v) is 7.74. The van der Waals surface area contributed by atoms with Crippen molar-refractivity contribution in [2.75, 3.05) is 26.2 Å². The minimum Gasteiger partial charge on any atom is -0.337 e. The Bertz CT molecular complexity index is 546. The molecule has 0 aliphatic carbocycles. The molecule has 0 aromatic carbocycles. The molecule has 5 heteroatoms. The second-order valence-corrected chi connectivity index (χ2v) is 5.89. The molecule has 1 aromatic heterocycles. The van der Waals surface area contributed by atoms with Gasteiger partial charge in [0.25, 0.3) is 11.8 Å². The van der Waals surface area contributed by atoms with E-state index in [0.717, 1.165) is 45.4 Å². The quantitative estimate of drug-likeness (QED) is 0.852. The zero-order chi connectivity index (χ0) is 14.8. The summed E-state index contributed by atoms with van der Waals surface area (Å²) in [6, 6.07) is 5.14. The number of nitrogens with zero attached hydrogens (tertiary/aromatic N) is 3. The van der Waals surface area contributed by atoms with Gasteiger partial charge in [-0.3, -0.25) is 9.59 Å². The van der Waals surface area contributed by atoms with E-state index >= 15 is 0 Å². The molecular weight excluding hydrogens is 266 g/mol. The van der Waals surface area contributed by atoms with Gasteiger partial charge < -0.3 is 9.80 Å². The van der Waals surface area contributed by atoms with E-state index in [9.17, 15) is 9.59 Å². The van der Waals surface area contributed by atoms with Gasteiger partial charge in [0.2, 0.25) is 0 Å². The number of hydrogen-bond acceptors (Lipinski definition) is 3. The first-order chi connectivity index (χ1) is 10.2. The van der Waals surface area contributed by atoms with E-state index in [4.69, 9.17) is 0 Å². The molecule has 3 heterocycles. The highest BCUT2D eigenvalue weighted by Gasteiger charge is 2.31. The van der Waals surface area contributed by atoms with Crippen LogP contribution in [0.2, 0.25) is 0 Å². The van der Waals surface area contributed by atoms with E-state index in [0.29, 0.717) is 17.3 Å². The zero-order valence-corrected chi connectivity index (χ0v) is 12.4. The summed E-state index contributed by atoms with van der Waals surface area (Å²) in [5, 5.41) is 0. The van der Waals surface area contributed by atoms with Crippen molar-refractivity contribution < 1.29 is 9.59 Å². The predicted molar refractivity (Wildman–Crippen MR) is 79.1 cm³/mol. The predicted octanol–water partition coefficient (Wildman–Crippen LogP) is 1.80. The molecular formula is C16H21N3O2. The molecule has 0 N–H and O–H groups in total. The van der Waals surface area contributed by atoms with E-state index in [-0.39, 0.29) is 11.8 Å². The summed E-state index contributed by atoms with van der Waals surface area (Å²) >= 11 is 0. The van der Waals surface area contributed by atoms with Crippen LogP contribution in [0.5, 0.6) is 0 Å². The SMILES string of the molecule is CCC1CN(C(=O)c2cccc(C(=O)N3CCCC3)n2)C1. The first-order valence-electron chi connectivity index (χ1n) is 7.74. The third-order valence-electron chi connectivity index (χ3n) is 4.40. The summed E-state index contributed by atoms with van der Waals surface area (Å²) in [7, 11) is 0. The first kappa shape index (κ1) is 14.0. The van der Waals surface area contributed by atoms with Crippen LogP contribution in [0.3, 0.4) is 0 Å². The van der Waals surface area contributed by atoms with E-state index in [1.807, 2.05) is 4.90 Å². The van der Waals surface area contributed by atoms with Crippen molar-refractivity contribution in [3.63, 3.8) is 0 Å². The number of pyridine rings is 1. The third-order valence-corrected chi connectivity index (χ3v) is 4.40. The fourth-order valence-electron chi connectivity index (χ4n) is 2.91. The smallest absolute Gasteiger partial charge is 0.272 e. The van der Waals surface area contributed by atoms with E-state index in [2.05, 4.69) is 11.9 Å². The number of hydrogen-bond donors (Lipinski definition) is 0. The van der Waals surface area contributed by atoms with Crippen molar-refractivity contribution in [2.45, 2.75) is 26.2 Å². The van der Waals surface area contributed by atoms with Crippen LogP contribution in [0, 0.1) is 5.92 Å². The van der Waals surface area contributed by atoms with Crippen molar-refractivity contribution in [3.05, 3.63) is 29.6 Å². The van der Waals surface area contributed by atoms with E-state index < -0.39 is 0 Å². The van der Waals surface area contributed by atoms with Crippen LogP contribution in [0.25, 0.3) is 0 Å². The molecule has 0 spiro atoms. The molecule has 0 bridgehead atoms. The third kappa shape index (κ3) is 2.77. The van der Waals surface area contributed by atoms with Crippen LogP contribution < -0.4 is 0 Å². The summed E-state index contributed by atoms with van der Waals surface area (Å²) in [6.07, 6.45) is 3.21. The Morgan fingerprint density at radius 1 is 1.10 bits per heavy atom. The lowest BCUT2D eigenvalue weighted by atomic mass is 9.97. The molecule has 1 aromatic rings. The molecule has 0 atom stereocenters. The highest BCUT2D eigenvalue weighted by molar-refractivity contribution is 5.96. The Labute approximate surface area is 124 Å². The van der Waals surface area contributed by atoms with Crippen molar-refractivity contribution in [2.24, 2.45) is 5.92 Å². The molecule has 0 saturated carbocycles. The van der Waals surface area contributed by atoms with Crippen molar-refractivity contribution >= 4 is 11.8 Å². The number of likely N-dealkylation sites (tertiary alicyclic amines) is 2. The van der Waals surface area contributed by atoms with Crippen LogP contribution in [-0.4, -0.2) is 52.8 Å². The number of aromatic nitrogens is 1. The molecule has 21 heavy (non-hydrogen) atoms. The van der Waals surface area contributed by atoms with E-state index in [1.165, 1.54) is 0 Å². The molecule has 5 nitrogen and oxygen atoms in total. The molecule has 0 radical (unpaired) electrons. The Kier molecular flexibility index (Phi) is 3.90. The minimum absolute atomic E-state index is 0.0582. The van der Waals surface area contributed by atoms with Gasteiger partial charge in [-0.05, 0) is 37.3 Å². The number of amides is 2. The molecule has 2 aliphatic heterocycles. The van der Waals surface area contributed by atoms with Crippen molar-refractivity contribution in [1.29, 1.82) is 0 Å². The Balaban J connectivity index is 1.71. The van der Waals surface area contributed by atoms with Gasteiger partial charge in [-0.25, -0.2) is 4.98 Å². The maximum absolute atomic E-state index is 12.3. The number of carbonyl (C=O) groups excluding carboxylic acids is 2. The van der Waals surface area contributed by atoms with Gasteiger partial charge in [-0.15, -0.1) is 0 Å². The maximum atomic E-state index is 12.3.